The molecule has 4 N–H and O–H groups in total. The van der Waals surface area contributed by atoms with Gasteiger partial charge in [0.25, 0.3) is 11.8 Å². The highest BCUT2D eigenvalue weighted by Gasteiger charge is 2.19. The minimum Gasteiger partial charge on any atom is -0.478 e. The van der Waals surface area contributed by atoms with E-state index in [-0.39, 0.29) is 51.9 Å². The summed E-state index contributed by atoms with van der Waals surface area (Å²) in [7, 11) is 3.28. The molecule has 0 radical (unpaired) electrons. The Balaban J connectivity index is 1.73. The number of anilines is 2. The molecule has 0 aliphatic carbocycles. The highest BCUT2D eigenvalue weighted by molar-refractivity contribution is 5.94. The molecule has 4 rings (SSSR count). The number of nitrogens with zero attached hydrogens (tertiary/aromatic N) is 4. The molecule has 4 aromatic rings. The average molecular weight is 525 g/mol. The number of carbonyl (C=O) groups excluding carboxylic acids is 1. The van der Waals surface area contributed by atoms with Crippen molar-refractivity contribution in [3.05, 3.63) is 95.1 Å². The predicted molar refractivity (Wildman–Crippen MR) is 143 cm³/mol. The normalized spacial score (nSPS) is 10.3. The molecule has 3 aromatic carbocycles. The summed E-state index contributed by atoms with van der Waals surface area (Å²) in [6.45, 7) is 0.359. The Morgan fingerprint density at radius 1 is 1.03 bits per heavy atom. The van der Waals surface area contributed by atoms with Crippen LogP contribution in [0.3, 0.4) is 0 Å². The van der Waals surface area contributed by atoms with Gasteiger partial charge in [-0.2, -0.15) is 15.2 Å². The van der Waals surface area contributed by atoms with Gasteiger partial charge in [-0.1, -0.05) is 36.4 Å². The molecule has 196 valence electrons. The van der Waals surface area contributed by atoms with Gasteiger partial charge in [-0.05, 0) is 42.0 Å². The molecule has 0 saturated heterocycles. The lowest BCUT2D eigenvalue weighted by Gasteiger charge is -2.16. The van der Waals surface area contributed by atoms with E-state index in [4.69, 9.17) is 15.2 Å². The Bertz CT molecular complexity index is 1570. The van der Waals surface area contributed by atoms with Gasteiger partial charge in [0.1, 0.15) is 22.7 Å². The van der Waals surface area contributed by atoms with Crippen molar-refractivity contribution in [2.75, 3.05) is 25.1 Å². The third kappa shape index (κ3) is 6.39. The van der Waals surface area contributed by atoms with Crippen LogP contribution >= 0.6 is 0 Å². The molecule has 0 atom stereocenters. The molecule has 1 aromatic heterocycles. The lowest BCUT2D eigenvalue weighted by Crippen LogP contribution is -2.21. The minimum absolute atomic E-state index is 0.0619. The topological polar surface area (TPSA) is 164 Å². The van der Waals surface area contributed by atoms with Gasteiger partial charge < -0.3 is 30.5 Å². The number of nitrogens with two attached hydrogens (primary N) is 1. The van der Waals surface area contributed by atoms with E-state index in [0.29, 0.717) is 12.1 Å². The molecule has 39 heavy (non-hydrogen) atoms. The fourth-order valence-corrected chi connectivity index (χ4v) is 3.48. The number of carboxylic acids is 1. The summed E-state index contributed by atoms with van der Waals surface area (Å²) in [5.74, 6) is -1.24. The number of nitrogen functional groups attached to an aromatic ring is 1. The van der Waals surface area contributed by atoms with Crippen LogP contribution in [-0.2, 0) is 6.54 Å². The first kappa shape index (κ1) is 26.4. The third-order valence-electron chi connectivity index (χ3n) is 5.44. The second-order valence-electron chi connectivity index (χ2n) is 8.47. The zero-order valence-corrected chi connectivity index (χ0v) is 21.1. The van der Waals surface area contributed by atoms with Crippen LogP contribution < -0.4 is 20.5 Å². The van der Waals surface area contributed by atoms with E-state index in [9.17, 15) is 20.0 Å². The largest absolute Gasteiger partial charge is 0.478 e. The maximum Gasteiger partial charge on any atom is 0.339 e. The SMILES string of the molecule is CN(C)C(=O)c1cccc(Oc2nc(Oc3cc(C#N)ccc3C(=O)O)nc(NCc3ccccc3)c2N)c1. The molecule has 0 saturated carbocycles. The lowest BCUT2D eigenvalue weighted by molar-refractivity contribution is 0.0693. The van der Waals surface area contributed by atoms with Crippen LogP contribution in [0.2, 0.25) is 0 Å². The summed E-state index contributed by atoms with van der Waals surface area (Å²) in [6, 6.07) is 21.5. The van der Waals surface area contributed by atoms with Gasteiger partial charge >= 0.3 is 12.0 Å². The van der Waals surface area contributed by atoms with Crippen LogP contribution in [0.1, 0.15) is 31.8 Å². The van der Waals surface area contributed by atoms with Gasteiger partial charge in [-0.15, -0.1) is 0 Å². The fraction of sp³-hybridized carbons (Fsp3) is 0.107. The maximum absolute atomic E-state index is 12.4. The minimum atomic E-state index is -1.26. The summed E-state index contributed by atoms with van der Waals surface area (Å²) in [4.78, 5) is 34.2. The Labute approximate surface area is 224 Å². The Hall–Kier alpha value is -5.63. The predicted octanol–water partition coefficient (Wildman–Crippen LogP) is 4.53. The number of hydrogen-bond acceptors (Lipinski definition) is 9. The average Bonchev–Trinajstić information content (AvgIpc) is 2.94. The standard InChI is InChI=1S/C28H24N6O5/c1-34(2)26(35)19-9-6-10-20(14-19)38-25-23(30)24(31-16-17-7-4-3-5-8-17)32-28(33-25)39-22-13-18(15-29)11-12-21(22)27(36)37/h3-14H,16,30H2,1-2H3,(H,36,37)(H,31,32,33). The number of benzene rings is 3. The van der Waals surface area contributed by atoms with Gasteiger partial charge in [0, 0.05) is 26.2 Å². The number of nitrogens with one attached hydrogen (secondary N) is 1. The van der Waals surface area contributed by atoms with Crippen molar-refractivity contribution in [2.24, 2.45) is 0 Å². The van der Waals surface area contributed by atoms with Crippen molar-refractivity contribution >= 4 is 23.4 Å². The number of carbonyl (C=O) groups is 2. The monoisotopic (exact) mass is 524 g/mol. The first-order chi connectivity index (χ1) is 18.7. The zero-order valence-electron chi connectivity index (χ0n) is 21.1. The van der Waals surface area contributed by atoms with Crippen molar-refractivity contribution < 1.29 is 24.2 Å². The Morgan fingerprint density at radius 3 is 2.49 bits per heavy atom. The van der Waals surface area contributed by atoms with Gasteiger partial charge in [0.2, 0.25) is 0 Å². The molecule has 0 aliphatic rings. The summed E-state index contributed by atoms with van der Waals surface area (Å²) < 4.78 is 11.7. The van der Waals surface area contributed by atoms with E-state index in [1.807, 2.05) is 36.4 Å². The van der Waals surface area contributed by atoms with E-state index in [2.05, 4.69) is 15.3 Å². The Kier molecular flexibility index (Phi) is 7.87. The van der Waals surface area contributed by atoms with E-state index in [1.165, 1.54) is 23.1 Å². The molecule has 11 heteroatoms. The number of rotatable bonds is 9. The highest BCUT2D eigenvalue weighted by Crippen LogP contribution is 2.35. The molecule has 0 aliphatic heterocycles. The molecular weight excluding hydrogens is 500 g/mol. The summed E-state index contributed by atoms with van der Waals surface area (Å²) in [5.41, 5.74) is 7.75. The van der Waals surface area contributed by atoms with Gasteiger partial charge in [-0.3, -0.25) is 4.79 Å². The van der Waals surface area contributed by atoms with Crippen LogP contribution in [0.15, 0.2) is 72.8 Å². The third-order valence-corrected chi connectivity index (χ3v) is 5.44. The van der Waals surface area contributed by atoms with Gasteiger partial charge in [0.05, 0.1) is 11.6 Å². The first-order valence-corrected chi connectivity index (χ1v) is 11.7. The summed E-state index contributed by atoms with van der Waals surface area (Å²) in [6.07, 6.45) is 0. The Morgan fingerprint density at radius 2 is 1.79 bits per heavy atom. The number of aromatic carboxylic acids is 1. The van der Waals surface area contributed by atoms with Gasteiger partial charge in [0.15, 0.2) is 5.82 Å². The number of ether oxygens (including phenoxy) is 2. The van der Waals surface area contributed by atoms with Crippen molar-refractivity contribution in [3.8, 4) is 29.5 Å². The second kappa shape index (κ2) is 11.6. The number of amides is 1. The maximum atomic E-state index is 12.4. The molecule has 0 unspecified atom stereocenters. The quantitative estimate of drug-likeness (QED) is 0.283. The number of carboxylic acid groups (broad SMARTS) is 1. The number of nitriles is 1. The van der Waals surface area contributed by atoms with Gasteiger partial charge in [-0.25, -0.2) is 4.79 Å². The zero-order chi connectivity index (χ0) is 27.9. The van der Waals surface area contributed by atoms with Crippen LogP contribution in [0.4, 0.5) is 11.5 Å². The second-order valence-corrected chi connectivity index (χ2v) is 8.47. The van der Waals surface area contributed by atoms with E-state index in [1.54, 1.807) is 38.4 Å². The molecule has 11 nitrogen and oxygen atoms in total. The van der Waals surface area contributed by atoms with Crippen LogP contribution in [0.5, 0.6) is 23.4 Å². The van der Waals surface area contributed by atoms with Crippen molar-refractivity contribution in [1.29, 1.82) is 5.26 Å². The summed E-state index contributed by atoms with van der Waals surface area (Å²) in [5, 5.41) is 22.0. The number of aromatic nitrogens is 2. The van der Waals surface area contributed by atoms with Crippen LogP contribution in [-0.4, -0.2) is 45.9 Å². The van der Waals surface area contributed by atoms with E-state index >= 15 is 0 Å². The number of hydrogen-bond donors (Lipinski definition) is 3. The lowest BCUT2D eigenvalue weighted by atomic mass is 10.1. The highest BCUT2D eigenvalue weighted by atomic mass is 16.5. The smallest absolute Gasteiger partial charge is 0.339 e. The molecular formula is C28H24N6O5. The van der Waals surface area contributed by atoms with E-state index < -0.39 is 5.97 Å². The van der Waals surface area contributed by atoms with E-state index in [0.717, 1.165) is 5.56 Å². The first-order valence-electron chi connectivity index (χ1n) is 11.7. The molecule has 1 amide bonds. The molecule has 1 heterocycles. The fourth-order valence-electron chi connectivity index (χ4n) is 3.48. The molecule has 0 bridgehead atoms. The van der Waals surface area contributed by atoms with Crippen molar-refractivity contribution in [3.63, 3.8) is 0 Å². The molecule has 0 spiro atoms. The summed E-state index contributed by atoms with van der Waals surface area (Å²) >= 11 is 0. The van der Waals surface area contributed by atoms with Crippen LogP contribution in [0, 0.1) is 11.3 Å². The van der Waals surface area contributed by atoms with Crippen molar-refractivity contribution in [1.82, 2.24) is 14.9 Å². The van der Waals surface area contributed by atoms with Crippen LogP contribution in [0.25, 0.3) is 0 Å². The molecule has 0 fully saturated rings. The van der Waals surface area contributed by atoms with Crippen molar-refractivity contribution in [2.45, 2.75) is 6.54 Å².